The molecule has 0 atom stereocenters. The Labute approximate surface area is 96.3 Å². The largest absolute Gasteiger partial charge is 0.312 e. The van der Waals surface area contributed by atoms with E-state index in [0.717, 1.165) is 19.4 Å². The van der Waals surface area contributed by atoms with Gasteiger partial charge in [-0.2, -0.15) is 0 Å². The summed E-state index contributed by atoms with van der Waals surface area (Å²) in [5.41, 5.74) is 3.92. The van der Waals surface area contributed by atoms with Gasteiger partial charge in [0.1, 0.15) is 0 Å². The van der Waals surface area contributed by atoms with Gasteiger partial charge in [0.05, 0.1) is 5.69 Å². The van der Waals surface area contributed by atoms with Gasteiger partial charge < -0.3 is 4.90 Å². The Morgan fingerprint density at radius 3 is 2.94 bits per heavy atom. The standard InChI is InChI=1S/C14H17NO/c1-14(2)9-12(16)15-8-4-6-10-5-3-7-11(14)13(10)15/h3,5,7H,4,6,8-9H2,1-2H3. The van der Waals surface area contributed by atoms with Crippen molar-refractivity contribution < 1.29 is 4.79 Å². The summed E-state index contributed by atoms with van der Waals surface area (Å²) in [5.74, 6) is 0.296. The molecule has 0 spiro atoms. The number of anilines is 1. The van der Waals surface area contributed by atoms with Crippen molar-refractivity contribution in [3.05, 3.63) is 29.3 Å². The van der Waals surface area contributed by atoms with Crippen LogP contribution in [0.5, 0.6) is 0 Å². The molecule has 3 rings (SSSR count). The third kappa shape index (κ3) is 1.22. The minimum atomic E-state index is -0.00370. The van der Waals surface area contributed by atoms with E-state index in [1.165, 1.54) is 16.8 Å². The molecule has 2 heterocycles. The quantitative estimate of drug-likeness (QED) is 0.651. The summed E-state index contributed by atoms with van der Waals surface area (Å²) < 4.78 is 0. The van der Waals surface area contributed by atoms with Crippen molar-refractivity contribution in [2.75, 3.05) is 11.4 Å². The Kier molecular flexibility index (Phi) is 1.91. The van der Waals surface area contributed by atoms with Crippen LogP contribution in [0.3, 0.4) is 0 Å². The average Bonchev–Trinajstić information content (AvgIpc) is 2.25. The van der Waals surface area contributed by atoms with Crippen LogP contribution in [0.2, 0.25) is 0 Å². The van der Waals surface area contributed by atoms with E-state index in [9.17, 15) is 4.79 Å². The van der Waals surface area contributed by atoms with Crippen LogP contribution in [0.1, 0.15) is 37.8 Å². The number of para-hydroxylation sites is 1. The summed E-state index contributed by atoms with van der Waals surface area (Å²) in [6.07, 6.45) is 2.86. The molecule has 2 aliphatic rings. The molecule has 0 unspecified atom stereocenters. The number of rotatable bonds is 0. The predicted octanol–water partition coefficient (Wildman–Crippen LogP) is 2.65. The van der Waals surface area contributed by atoms with Gasteiger partial charge >= 0.3 is 0 Å². The molecular weight excluding hydrogens is 198 g/mol. The zero-order valence-electron chi connectivity index (χ0n) is 9.92. The van der Waals surface area contributed by atoms with Crippen molar-refractivity contribution in [3.8, 4) is 0 Å². The van der Waals surface area contributed by atoms with E-state index < -0.39 is 0 Å². The fraction of sp³-hybridized carbons (Fsp3) is 0.500. The Bertz CT molecular complexity index is 462. The van der Waals surface area contributed by atoms with Gasteiger partial charge in [-0.15, -0.1) is 0 Å². The van der Waals surface area contributed by atoms with E-state index in [1.54, 1.807) is 0 Å². The molecule has 16 heavy (non-hydrogen) atoms. The molecule has 1 aromatic rings. The molecule has 84 valence electrons. The van der Waals surface area contributed by atoms with Gasteiger partial charge in [-0.25, -0.2) is 0 Å². The van der Waals surface area contributed by atoms with Crippen LogP contribution in [0.25, 0.3) is 0 Å². The number of hydrogen-bond acceptors (Lipinski definition) is 1. The second-order valence-corrected chi connectivity index (χ2v) is 5.52. The van der Waals surface area contributed by atoms with Crippen molar-refractivity contribution in [2.24, 2.45) is 0 Å². The second-order valence-electron chi connectivity index (χ2n) is 5.52. The lowest BCUT2D eigenvalue weighted by molar-refractivity contribution is -0.120. The average molecular weight is 215 g/mol. The van der Waals surface area contributed by atoms with Crippen LogP contribution in [0.4, 0.5) is 5.69 Å². The number of carbonyl (C=O) groups excluding carboxylic acids is 1. The van der Waals surface area contributed by atoms with Gasteiger partial charge in [-0.05, 0) is 24.0 Å². The van der Waals surface area contributed by atoms with Crippen molar-refractivity contribution in [1.29, 1.82) is 0 Å². The van der Waals surface area contributed by atoms with Crippen LogP contribution in [0, 0.1) is 0 Å². The van der Waals surface area contributed by atoms with Crippen molar-refractivity contribution in [3.63, 3.8) is 0 Å². The van der Waals surface area contributed by atoms with E-state index in [-0.39, 0.29) is 5.41 Å². The van der Waals surface area contributed by atoms with E-state index >= 15 is 0 Å². The lowest BCUT2D eigenvalue weighted by atomic mass is 9.75. The molecule has 0 fully saturated rings. The maximum atomic E-state index is 12.1. The van der Waals surface area contributed by atoms with Gasteiger partial charge in [0, 0.05) is 18.4 Å². The zero-order chi connectivity index (χ0) is 11.3. The molecule has 0 bridgehead atoms. The van der Waals surface area contributed by atoms with Crippen LogP contribution in [-0.4, -0.2) is 12.5 Å². The molecule has 0 aromatic heterocycles. The minimum absolute atomic E-state index is 0.00370. The molecule has 0 radical (unpaired) electrons. The van der Waals surface area contributed by atoms with E-state index in [0.29, 0.717) is 12.3 Å². The SMILES string of the molecule is CC1(C)CC(=O)N2CCCc3cccc1c32. The van der Waals surface area contributed by atoms with Crippen molar-refractivity contribution in [2.45, 2.75) is 38.5 Å². The fourth-order valence-electron chi connectivity index (χ4n) is 3.02. The molecule has 0 aliphatic carbocycles. The summed E-state index contributed by atoms with van der Waals surface area (Å²) in [4.78, 5) is 14.1. The maximum absolute atomic E-state index is 12.1. The molecule has 2 aliphatic heterocycles. The lowest BCUT2D eigenvalue weighted by Gasteiger charge is -2.42. The molecule has 0 saturated carbocycles. The van der Waals surface area contributed by atoms with E-state index in [4.69, 9.17) is 0 Å². The lowest BCUT2D eigenvalue weighted by Crippen LogP contribution is -2.44. The highest BCUT2D eigenvalue weighted by molar-refractivity contribution is 5.99. The monoisotopic (exact) mass is 215 g/mol. The van der Waals surface area contributed by atoms with Gasteiger partial charge in [-0.3, -0.25) is 4.79 Å². The highest BCUT2D eigenvalue weighted by Crippen LogP contribution is 2.43. The van der Waals surface area contributed by atoms with E-state index in [1.807, 2.05) is 4.90 Å². The first kappa shape index (κ1) is 9.88. The summed E-state index contributed by atoms with van der Waals surface area (Å²) in [6.45, 7) is 5.25. The third-order valence-corrected chi connectivity index (χ3v) is 3.84. The summed E-state index contributed by atoms with van der Waals surface area (Å²) in [7, 11) is 0. The number of carbonyl (C=O) groups is 1. The molecule has 1 amide bonds. The van der Waals surface area contributed by atoms with Gasteiger partial charge in [-0.1, -0.05) is 32.0 Å². The van der Waals surface area contributed by atoms with Gasteiger partial charge in [0.2, 0.25) is 5.91 Å². The Morgan fingerprint density at radius 2 is 2.12 bits per heavy atom. The van der Waals surface area contributed by atoms with Crippen LogP contribution in [0.15, 0.2) is 18.2 Å². The number of benzene rings is 1. The first-order chi connectivity index (χ1) is 7.59. The summed E-state index contributed by atoms with van der Waals surface area (Å²) in [6, 6.07) is 6.48. The van der Waals surface area contributed by atoms with Crippen LogP contribution < -0.4 is 4.90 Å². The third-order valence-electron chi connectivity index (χ3n) is 3.84. The highest BCUT2D eigenvalue weighted by Gasteiger charge is 2.38. The Hall–Kier alpha value is -1.31. The smallest absolute Gasteiger partial charge is 0.227 e. The van der Waals surface area contributed by atoms with Gasteiger partial charge in [0.25, 0.3) is 0 Å². The topological polar surface area (TPSA) is 20.3 Å². The van der Waals surface area contributed by atoms with E-state index in [2.05, 4.69) is 32.0 Å². The second kappa shape index (κ2) is 3.09. The summed E-state index contributed by atoms with van der Waals surface area (Å²) in [5, 5.41) is 0. The molecule has 1 aromatic carbocycles. The Balaban J connectivity index is 2.27. The number of amides is 1. The fourth-order valence-corrected chi connectivity index (χ4v) is 3.02. The first-order valence-electron chi connectivity index (χ1n) is 6.02. The van der Waals surface area contributed by atoms with Crippen molar-refractivity contribution in [1.82, 2.24) is 0 Å². The minimum Gasteiger partial charge on any atom is -0.312 e. The predicted molar refractivity (Wildman–Crippen MR) is 64.8 cm³/mol. The van der Waals surface area contributed by atoms with Crippen molar-refractivity contribution >= 4 is 11.6 Å². The van der Waals surface area contributed by atoms with Gasteiger partial charge in [0.15, 0.2) is 0 Å². The maximum Gasteiger partial charge on any atom is 0.227 e. The highest BCUT2D eigenvalue weighted by atomic mass is 16.2. The zero-order valence-corrected chi connectivity index (χ0v) is 9.92. The number of aryl methyl sites for hydroxylation is 1. The normalized spacial score (nSPS) is 21.9. The molecule has 2 nitrogen and oxygen atoms in total. The van der Waals surface area contributed by atoms with Crippen LogP contribution >= 0.6 is 0 Å². The molecule has 0 N–H and O–H groups in total. The van der Waals surface area contributed by atoms with Crippen LogP contribution in [-0.2, 0) is 16.6 Å². The molecule has 2 heteroatoms. The summed E-state index contributed by atoms with van der Waals surface area (Å²) >= 11 is 0. The first-order valence-corrected chi connectivity index (χ1v) is 6.02. The number of hydrogen-bond donors (Lipinski definition) is 0. The Morgan fingerprint density at radius 1 is 1.31 bits per heavy atom. The number of nitrogens with zero attached hydrogens (tertiary/aromatic N) is 1. The molecular formula is C14H17NO. The molecule has 0 saturated heterocycles.